The Balaban J connectivity index is 2.32. The molecule has 1 aliphatic rings. The van der Waals surface area contributed by atoms with Crippen molar-refractivity contribution in [3.8, 4) is 0 Å². The lowest BCUT2D eigenvalue weighted by Gasteiger charge is -2.05. The highest BCUT2D eigenvalue weighted by Gasteiger charge is 2.13. The largest absolute Gasteiger partial charge is 0.313 e. The van der Waals surface area contributed by atoms with Crippen molar-refractivity contribution in [2.24, 2.45) is 11.8 Å². The first kappa shape index (κ1) is 7.77. The Kier molecular flexibility index (Phi) is 2.91. The van der Waals surface area contributed by atoms with E-state index >= 15 is 0 Å². The molecule has 10 heavy (non-hydrogen) atoms. The van der Waals surface area contributed by atoms with Gasteiger partial charge in [-0.05, 0) is 30.9 Å². The second kappa shape index (κ2) is 3.75. The molecule has 0 radical (unpaired) electrons. The molecule has 1 rings (SSSR count). The van der Waals surface area contributed by atoms with Gasteiger partial charge in [0.05, 0.1) is 0 Å². The quantitative estimate of drug-likeness (QED) is 0.426. The molecular formula is C9H17N. The van der Waals surface area contributed by atoms with E-state index in [1.807, 2.05) is 0 Å². The molecule has 1 fully saturated rings. The van der Waals surface area contributed by atoms with Gasteiger partial charge in [0.25, 0.3) is 0 Å². The lowest BCUT2D eigenvalue weighted by atomic mass is 10.0. The number of hydrogen-bond acceptors (Lipinski definition) is 1. The minimum Gasteiger partial charge on any atom is -0.313 e. The predicted molar refractivity (Wildman–Crippen MR) is 44.5 cm³/mol. The Labute approximate surface area is 63.3 Å². The minimum absolute atomic E-state index is 0.602. The van der Waals surface area contributed by atoms with Gasteiger partial charge in [0.2, 0.25) is 0 Å². The van der Waals surface area contributed by atoms with Crippen LogP contribution in [0, 0.1) is 17.2 Å². The van der Waals surface area contributed by atoms with Crippen LogP contribution in [0.25, 0.3) is 0 Å². The molecule has 1 heteroatoms. The first-order valence-electron chi connectivity index (χ1n) is 4.33. The van der Waals surface area contributed by atoms with Crippen LogP contribution in [-0.2, 0) is 0 Å². The number of rotatable bonds is 1. The Morgan fingerprint density at radius 2 is 2.00 bits per heavy atom. The maximum atomic E-state index is 7.14. The summed E-state index contributed by atoms with van der Waals surface area (Å²) in [4.78, 5) is 0. The maximum Gasteiger partial charge on any atom is -0.00167 e. The van der Waals surface area contributed by atoms with E-state index < -0.39 is 0 Å². The second-order valence-corrected chi connectivity index (χ2v) is 3.54. The van der Waals surface area contributed by atoms with E-state index in [-0.39, 0.29) is 0 Å². The van der Waals surface area contributed by atoms with Crippen molar-refractivity contribution in [2.75, 3.05) is 0 Å². The van der Waals surface area contributed by atoms with Crippen molar-refractivity contribution in [2.45, 2.75) is 39.0 Å². The van der Waals surface area contributed by atoms with E-state index in [2.05, 4.69) is 6.92 Å². The summed E-state index contributed by atoms with van der Waals surface area (Å²) in [7, 11) is 0. The fraction of sp³-hybridized carbons (Fsp3) is 0.889. The zero-order chi connectivity index (χ0) is 7.40. The molecule has 2 atom stereocenters. The van der Waals surface area contributed by atoms with Gasteiger partial charge in [-0.3, -0.25) is 0 Å². The maximum absolute atomic E-state index is 7.14. The molecule has 1 unspecified atom stereocenters. The molecule has 0 heterocycles. The van der Waals surface area contributed by atoms with Crippen LogP contribution >= 0.6 is 0 Å². The van der Waals surface area contributed by atoms with E-state index in [1.165, 1.54) is 32.1 Å². The molecule has 1 nitrogen and oxygen atoms in total. The van der Waals surface area contributed by atoms with Crippen LogP contribution in [0.5, 0.6) is 0 Å². The van der Waals surface area contributed by atoms with Crippen LogP contribution in [0.15, 0.2) is 0 Å². The summed E-state index contributed by atoms with van der Waals surface area (Å²) in [5, 5.41) is 7.14. The van der Waals surface area contributed by atoms with Gasteiger partial charge < -0.3 is 5.41 Å². The Bertz CT molecular complexity index is 109. The lowest BCUT2D eigenvalue weighted by molar-refractivity contribution is 0.500. The predicted octanol–water partition coefficient (Wildman–Crippen LogP) is 2.85. The van der Waals surface area contributed by atoms with Crippen molar-refractivity contribution in [3.05, 3.63) is 0 Å². The van der Waals surface area contributed by atoms with Crippen LogP contribution in [0.1, 0.15) is 39.0 Å². The molecule has 0 saturated heterocycles. The molecule has 1 saturated carbocycles. The third-order valence-corrected chi connectivity index (χ3v) is 2.54. The highest BCUT2D eigenvalue weighted by Crippen LogP contribution is 2.25. The highest BCUT2D eigenvalue weighted by molar-refractivity contribution is 5.56. The zero-order valence-electron chi connectivity index (χ0n) is 6.77. The fourth-order valence-electron chi connectivity index (χ4n) is 1.68. The van der Waals surface area contributed by atoms with Gasteiger partial charge in [0, 0.05) is 0 Å². The van der Waals surface area contributed by atoms with E-state index in [4.69, 9.17) is 5.41 Å². The van der Waals surface area contributed by atoms with E-state index in [1.54, 1.807) is 6.21 Å². The third kappa shape index (κ3) is 2.13. The molecule has 0 amide bonds. The highest BCUT2D eigenvalue weighted by atomic mass is 14.4. The van der Waals surface area contributed by atoms with Crippen LogP contribution in [0.2, 0.25) is 0 Å². The average Bonchev–Trinajstić information content (AvgIpc) is 2.14. The molecule has 58 valence electrons. The minimum atomic E-state index is 0.602. The van der Waals surface area contributed by atoms with Crippen molar-refractivity contribution in [1.29, 1.82) is 5.41 Å². The molecule has 1 N–H and O–H groups in total. The molecule has 1 aliphatic carbocycles. The number of nitrogens with one attached hydrogen (secondary N) is 1. The van der Waals surface area contributed by atoms with Gasteiger partial charge in [0.1, 0.15) is 0 Å². The van der Waals surface area contributed by atoms with Crippen molar-refractivity contribution in [3.63, 3.8) is 0 Å². The molecule has 0 bridgehead atoms. The standard InChI is InChI=1S/C9H17N/c1-8-3-2-4-9(7-10)6-5-8/h7-10H,2-6H2,1H3/t8?,9-/m0/s1. The van der Waals surface area contributed by atoms with Gasteiger partial charge in [-0.25, -0.2) is 0 Å². The third-order valence-electron chi connectivity index (χ3n) is 2.54. The Morgan fingerprint density at radius 3 is 2.70 bits per heavy atom. The fourth-order valence-corrected chi connectivity index (χ4v) is 1.68. The van der Waals surface area contributed by atoms with Gasteiger partial charge in [0.15, 0.2) is 0 Å². The first-order valence-corrected chi connectivity index (χ1v) is 4.33. The lowest BCUT2D eigenvalue weighted by Crippen LogP contribution is -1.98. The molecule has 0 spiro atoms. The van der Waals surface area contributed by atoms with E-state index in [9.17, 15) is 0 Å². The van der Waals surface area contributed by atoms with Crippen LogP contribution in [-0.4, -0.2) is 6.21 Å². The molecule has 0 aromatic carbocycles. The van der Waals surface area contributed by atoms with Crippen LogP contribution < -0.4 is 0 Å². The summed E-state index contributed by atoms with van der Waals surface area (Å²) >= 11 is 0. The monoisotopic (exact) mass is 139 g/mol. The summed E-state index contributed by atoms with van der Waals surface area (Å²) in [5.74, 6) is 1.51. The summed E-state index contributed by atoms with van der Waals surface area (Å²) in [6.45, 7) is 2.33. The first-order chi connectivity index (χ1) is 4.83. The summed E-state index contributed by atoms with van der Waals surface area (Å²) in [6, 6.07) is 0. The second-order valence-electron chi connectivity index (χ2n) is 3.54. The molecule has 0 aliphatic heterocycles. The molecule has 0 aromatic heterocycles. The molecular weight excluding hydrogens is 122 g/mol. The van der Waals surface area contributed by atoms with Gasteiger partial charge >= 0.3 is 0 Å². The zero-order valence-corrected chi connectivity index (χ0v) is 6.77. The summed E-state index contributed by atoms with van der Waals surface area (Å²) in [6.07, 6.45) is 8.20. The van der Waals surface area contributed by atoms with Crippen molar-refractivity contribution >= 4 is 6.21 Å². The van der Waals surface area contributed by atoms with Crippen molar-refractivity contribution < 1.29 is 0 Å². The summed E-state index contributed by atoms with van der Waals surface area (Å²) < 4.78 is 0. The Morgan fingerprint density at radius 1 is 1.20 bits per heavy atom. The molecule has 0 aromatic rings. The van der Waals surface area contributed by atoms with Gasteiger partial charge in [-0.2, -0.15) is 0 Å². The smallest absolute Gasteiger partial charge is 0.00167 e. The topological polar surface area (TPSA) is 23.9 Å². The Hall–Kier alpha value is -0.330. The normalized spacial score (nSPS) is 34.9. The van der Waals surface area contributed by atoms with Crippen LogP contribution in [0.3, 0.4) is 0 Å². The number of hydrogen-bond donors (Lipinski definition) is 1. The van der Waals surface area contributed by atoms with Crippen molar-refractivity contribution in [1.82, 2.24) is 0 Å². The van der Waals surface area contributed by atoms with Gasteiger partial charge in [-0.15, -0.1) is 0 Å². The van der Waals surface area contributed by atoms with E-state index in [0.717, 1.165) is 5.92 Å². The van der Waals surface area contributed by atoms with E-state index in [0.29, 0.717) is 5.92 Å². The van der Waals surface area contributed by atoms with Crippen LogP contribution in [0.4, 0.5) is 0 Å². The average molecular weight is 139 g/mol. The van der Waals surface area contributed by atoms with Gasteiger partial charge in [-0.1, -0.05) is 26.2 Å². The SMILES string of the molecule is CC1CCC[C@H](C=N)CC1. The summed E-state index contributed by atoms with van der Waals surface area (Å²) in [5.41, 5.74) is 0.